The van der Waals surface area contributed by atoms with Crippen LogP contribution in [-0.4, -0.2) is 23.9 Å². The molecule has 0 heterocycles. The predicted octanol–water partition coefficient (Wildman–Crippen LogP) is 2.00. The summed E-state index contributed by atoms with van der Waals surface area (Å²) in [5.41, 5.74) is 0. The minimum Gasteiger partial charge on any atom is -0.340 e. The van der Waals surface area contributed by atoms with E-state index in [0.29, 0.717) is 5.03 Å². The van der Waals surface area contributed by atoms with E-state index in [-0.39, 0.29) is 5.91 Å². The van der Waals surface area contributed by atoms with Gasteiger partial charge in [0.25, 0.3) is 0 Å². The molecule has 0 aliphatic carbocycles. The average molecular weight is 176 g/mol. The number of amides is 1. The molecular weight excluding hydrogens is 162 g/mol. The number of hydrogen-bond acceptors (Lipinski definition) is 1. The topological polar surface area (TPSA) is 20.3 Å². The molecule has 0 aromatic heterocycles. The highest BCUT2D eigenvalue weighted by Gasteiger charge is 2.04. The first-order valence-corrected chi connectivity index (χ1v) is 4.12. The zero-order valence-corrected chi connectivity index (χ0v) is 7.98. The third kappa shape index (κ3) is 4.04. The van der Waals surface area contributed by atoms with Gasteiger partial charge in [-0.15, -0.1) is 0 Å². The molecule has 64 valence electrons. The molecule has 0 radical (unpaired) electrons. The van der Waals surface area contributed by atoms with Crippen molar-refractivity contribution in [3.8, 4) is 0 Å². The maximum Gasteiger partial charge on any atom is 0.247 e. The highest BCUT2D eigenvalue weighted by Crippen LogP contribution is 2.00. The molecule has 3 heteroatoms. The number of halogens is 1. The maximum absolute atomic E-state index is 11.2. The van der Waals surface area contributed by atoms with E-state index in [4.69, 9.17) is 11.6 Å². The van der Waals surface area contributed by atoms with E-state index in [1.54, 1.807) is 11.8 Å². The van der Waals surface area contributed by atoms with Crippen molar-refractivity contribution in [2.45, 2.75) is 20.8 Å². The van der Waals surface area contributed by atoms with Crippen LogP contribution in [0.5, 0.6) is 0 Å². The summed E-state index contributed by atoms with van der Waals surface area (Å²) in [6.07, 6.45) is 1.44. The van der Waals surface area contributed by atoms with Gasteiger partial charge in [-0.3, -0.25) is 4.79 Å². The van der Waals surface area contributed by atoms with Crippen molar-refractivity contribution in [3.05, 3.63) is 11.1 Å². The predicted molar refractivity (Wildman–Crippen MR) is 47.5 cm³/mol. The van der Waals surface area contributed by atoms with E-state index < -0.39 is 0 Å². The quantitative estimate of drug-likeness (QED) is 0.601. The highest BCUT2D eigenvalue weighted by atomic mass is 35.5. The standard InChI is InChI=1S/C8H14ClNO/c1-4-10(5-2)8(11)6-7(3)9/h6H,4-5H2,1-3H3/b7-6-. The van der Waals surface area contributed by atoms with Crippen LogP contribution in [-0.2, 0) is 4.79 Å². The zero-order chi connectivity index (χ0) is 8.85. The molecule has 0 saturated carbocycles. The summed E-state index contributed by atoms with van der Waals surface area (Å²) in [5.74, 6) is -0.0116. The van der Waals surface area contributed by atoms with Crippen LogP contribution in [0.3, 0.4) is 0 Å². The van der Waals surface area contributed by atoms with Gasteiger partial charge in [0, 0.05) is 24.2 Å². The SMILES string of the molecule is CCN(CC)C(=O)/C=C(/C)Cl. The first kappa shape index (κ1) is 10.5. The Morgan fingerprint density at radius 2 is 1.91 bits per heavy atom. The van der Waals surface area contributed by atoms with Gasteiger partial charge in [0.2, 0.25) is 5.91 Å². The minimum absolute atomic E-state index is 0.0116. The van der Waals surface area contributed by atoms with Crippen molar-refractivity contribution in [2.75, 3.05) is 13.1 Å². The van der Waals surface area contributed by atoms with Gasteiger partial charge in [0.15, 0.2) is 0 Å². The number of carbonyl (C=O) groups excluding carboxylic acids is 1. The maximum atomic E-state index is 11.2. The van der Waals surface area contributed by atoms with Gasteiger partial charge in [-0.1, -0.05) is 11.6 Å². The van der Waals surface area contributed by atoms with E-state index in [0.717, 1.165) is 13.1 Å². The molecule has 0 saturated heterocycles. The number of nitrogens with zero attached hydrogens (tertiary/aromatic N) is 1. The van der Waals surface area contributed by atoms with E-state index in [1.165, 1.54) is 6.08 Å². The molecule has 11 heavy (non-hydrogen) atoms. The fraction of sp³-hybridized carbons (Fsp3) is 0.625. The smallest absolute Gasteiger partial charge is 0.247 e. The molecule has 0 bridgehead atoms. The van der Waals surface area contributed by atoms with E-state index in [2.05, 4.69) is 0 Å². The lowest BCUT2D eigenvalue weighted by molar-refractivity contribution is -0.125. The van der Waals surface area contributed by atoms with Crippen molar-refractivity contribution in [2.24, 2.45) is 0 Å². The van der Waals surface area contributed by atoms with Gasteiger partial charge >= 0.3 is 0 Å². The summed E-state index contributed by atoms with van der Waals surface area (Å²) < 4.78 is 0. The fourth-order valence-corrected chi connectivity index (χ4v) is 0.890. The first-order valence-electron chi connectivity index (χ1n) is 3.74. The Hall–Kier alpha value is -0.500. The van der Waals surface area contributed by atoms with Gasteiger partial charge in [0.05, 0.1) is 0 Å². The van der Waals surface area contributed by atoms with E-state index >= 15 is 0 Å². The number of carbonyl (C=O) groups is 1. The van der Waals surface area contributed by atoms with Crippen LogP contribution in [0.4, 0.5) is 0 Å². The Kier molecular flexibility index (Phi) is 4.95. The molecule has 0 N–H and O–H groups in total. The summed E-state index contributed by atoms with van der Waals surface area (Å²) in [6, 6.07) is 0. The molecule has 0 atom stereocenters. The molecule has 0 fully saturated rings. The van der Waals surface area contributed by atoms with Gasteiger partial charge < -0.3 is 4.90 Å². The molecule has 0 unspecified atom stereocenters. The molecule has 0 spiro atoms. The normalized spacial score (nSPS) is 11.5. The monoisotopic (exact) mass is 175 g/mol. The summed E-state index contributed by atoms with van der Waals surface area (Å²) >= 11 is 5.54. The second-order valence-electron chi connectivity index (χ2n) is 2.24. The number of hydrogen-bond donors (Lipinski definition) is 0. The van der Waals surface area contributed by atoms with E-state index in [1.807, 2.05) is 13.8 Å². The van der Waals surface area contributed by atoms with Crippen LogP contribution < -0.4 is 0 Å². The number of rotatable bonds is 3. The van der Waals surface area contributed by atoms with Gasteiger partial charge in [-0.05, 0) is 20.8 Å². The van der Waals surface area contributed by atoms with Crippen LogP contribution in [0.1, 0.15) is 20.8 Å². The lowest BCUT2D eigenvalue weighted by Crippen LogP contribution is -2.28. The third-order valence-corrected chi connectivity index (χ3v) is 1.51. The van der Waals surface area contributed by atoms with Crippen LogP contribution >= 0.6 is 11.6 Å². The second-order valence-corrected chi connectivity index (χ2v) is 2.84. The Morgan fingerprint density at radius 3 is 2.18 bits per heavy atom. The Balaban J connectivity index is 4.11. The Morgan fingerprint density at radius 1 is 1.45 bits per heavy atom. The molecule has 2 nitrogen and oxygen atoms in total. The number of likely N-dealkylation sites (N-methyl/N-ethyl adjacent to an activating group) is 1. The molecule has 0 aromatic carbocycles. The lowest BCUT2D eigenvalue weighted by atomic mass is 10.4. The largest absolute Gasteiger partial charge is 0.340 e. The van der Waals surface area contributed by atoms with Crippen molar-refractivity contribution in [1.82, 2.24) is 4.90 Å². The molecule has 0 aliphatic heterocycles. The Labute approximate surface area is 72.8 Å². The van der Waals surface area contributed by atoms with Crippen molar-refractivity contribution in [3.63, 3.8) is 0 Å². The minimum atomic E-state index is -0.0116. The summed E-state index contributed by atoms with van der Waals surface area (Å²) in [6.45, 7) is 7.05. The first-order chi connectivity index (χ1) is 5.11. The second kappa shape index (κ2) is 5.19. The van der Waals surface area contributed by atoms with Crippen molar-refractivity contribution >= 4 is 17.5 Å². The highest BCUT2D eigenvalue weighted by molar-refractivity contribution is 6.30. The lowest BCUT2D eigenvalue weighted by Gasteiger charge is -2.15. The Bertz CT molecular complexity index is 157. The summed E-state index contributed by atoms with van der Waals surface area (Å²) in [7, 11) is 0. The summed E-state index contributed by atoms with van der Waals surface area (Å²) in [5, 5.41) is 0.530. The van der Waals surface area contributed by atoms with Crippen molar-refractivity contribution < 1.29 is 4.79 Å². The molecule has 0 aliphatic rings. The van der Waals surface area contributed by atoms with Gasteiger partial charge in [0.1, 0.15) is 0 Å². The molecule has 0 rings (SSSR count). The molecular formula is C8H14ClNO. The third-order valence-electron chi connectivity index (χ3n) is 1.40. The molecule has 0 aromatic rings. The average Bonchev–Trinajstić information content (AvgIpc) is 1.88. The van der Waals surface area contributed by atoms with Gasteiger partial charge in [-0.2, -0.15) is 0 Å². The van der Waals surface area contributed by atoms with Crippen LogP contribution in [0, 0.1) is 0 Å². The fourth-order valence-electron chi connectivity index (χ4n) is 0.797. The van der Waals surface area contributed by atoms with Crippen molar-refractivity contribution in [1.29, 1.82) is 0 Å². The zero-order valence-electron chi connectivity index (χ0n) is 7.22. The number of allylic oxidation sites excluding steroid dienone is 1. The van der Waals surface area contributed by atoms with Gasteiger partial charge in [-0.25, -0.2) is 0 Å². The van der Waals surface area contributed by atoms with Crippen LogP contribution in [0.15, 0.2) is 11.1 Å². The van der Waals surface area contributed by atoms with Crippen LogP contribution in [0.25, 0.3) is 0 Å². The molecule has 1 amide bonds. The summed E-state index contributed by atoms with van der Waals surface area (Å²) in [4.78, 5) is 12.9. The van der Waals surface area contributed by atoms with Crippen LogP contribution in [0.2, 0.25) is 0 Å². The van der Waals surface area contributed by atoms with E-state index in [9.17, 15) is 4.79 Å².